The molecule has 0 saturated carbocycles. The third-order valence-electron chi connectivity index (χ3n) is 3.41. The molecule has 1 aliphatic heterocycles. The molecule has 0 aliphatic carbocycles. The van der Waals surface area contributed by atoms with Gasteiger partial charge in [0.25, 0.3) is 0 Å². The number of nitrogens with one attached hydrogen (secondary N) is 1. The van der Waals surface area contributed by atoms with Gasteiger partial charge in [-0.25, -0.2) is 14.2 Å². The molecule has 2 rings (SSSR count). The molecule has 0 aromatic carbocycles. The molecule has 1 saturated heterocycles. The second kappa shape index (κ2) is 5.97. The summed E-state index contributed by atoms with van der Waals surface area (Å²) >= 11 is 0. The number of anilines is 1. The summed E-state index contributed by atoms with van der Waals surface area (Å²) in [4.78, 5) is 16.8. The van der Waals surface area contributed by atoms with E-state index in [4.69, 9.17) is 5.11 Å². The molecule has 0 radical (unpaired) electrons. The van der Waals surface area contributed by atoms with Gasteiger partial charge in [-0.2, -0.15) is 0 Å². The van der Waals surface area contributed by atoms with E-state index in [9.17, 15) is 9.18 Å². The number of carboxylic acids is 1. The van der Waals surface area contributed by atoms with Crippen molar-refractivity contribution in [1.82, 2.24) is 10.3 Å². The van der Waals surface area contributed by atoms with Crippen molar-refractivity contribution in [3.63, 3.8) is 0 Å². The van der Waals surface area contributed by atoms with Crippen molar-refractivity contribution in [2.75, 3.05) is 31.6 Å². The fourth-order valence-corrected chi connectivity index (χ4v) is 2.53. The normalized spacial score (nSPS) is 19.5. The molecule has 0 amide bonds. The number of hydrogen-bond donors (Lipinski definition) is 2. The van der Waals surface area contributed by atoms with E-state index in [0.29, 0.717) is 19.0 Å². The zero-order chi connectivity index (χ0) is 13.8. The molecule has 104 valence electrons. The smallest absolute Gasteiger partial charge is 0.338 e. The summed E-state index contributed by atoms with van der Waals surface area (Å²) in [7, 11) is 1.89. The Labute approximate surface area is 111 Å². The van der Waals surface area contributed by atoms with Crippen LogP contribution in [0.4, 0.5) is 10.2 Å². The molecule has 1 aliphatic rings. The topological polar surface area (TPSA) is 65.5 Å². The van der Waals surface area contributed by atoms with Gasteiger partial charge in [0.2, 0.25) is 0 Å². The van der Waals surface area contributed by atoms with Crippen LogP contribution in [0.15, 0.2) is 12.3 Å². The molecule has 1 unspecified atom stereocenters. The number of rotatable bonds is 4. The Morgan fingerprint density at radius 3 is 3.16 bits per heavy atom. The second-order valence-electron chi connectivity index (χ2n) is 4.81. The molecule has 1 fully saturated rings. The summed E-state index contributed by atoms with van der Waals surface area (Å²) in [5, 5.41) is 12.0. The number of piperidine rings is 1. The number of carboxylic acid groups (broad SMARTS) is 1. The molecule has 1 atom stereocenters. The number of carbonyl (C=O) groups is 1. The first-order valence-electron chi connectivity index (χ1n) is 6.40. The van der Waals surface area contributed by atoms with Gasteiger partial charge in [0, 0.05) is 19.3 Å². The van der Waals surface area contributed by atoms with Crippen molar-refractivity contribution >= 4 is 11.8 Å². The molecule has 0 spiro atoms. The minimum atomic E-state index is -1.26. The number of hydrogen-bond acceptors (Lipinski definition) is 4. The molecule has 1 aromatic heterocycles. The quantitative estimate of drug-likeness (QED) is 0.862. The van der Waals surface area contributed by atoms with Gasteiger partial charge in [0.15, 0.2) is 11.6 Å². The zero-order valence-electron chi connectivity index (χ0n) is 10.9. The van der Waals surface area contributed by atoms with Crippen LogP contribution in [-0.2, 0) is 0 Å². The lowest BCUT2D eigenvalue weighted by atomic mass is 9.98. The fraction of sp³-hybridized carbons (Fsp3) is 0.538. The summed E-state index contributed by atoms with van der Waals surface area (Å²) < 4.78 is 14.1. The first-order valence-corrected chi connectivity index (χ1v) is 6.40. The molecule has 6 heteroatoms. The van der Waals surface area contributed by atoms with Crippen LogP contribution in [-0.4, -0.2) is 42.7 Å². The maximum atomic E-state index is 14.1. The van der Waals surface area contributed by atoms with E-state index in [2.05, 4.69) is 10.3 Å². The Balaban J connectivity index is 2.21. The molecular formula is C13H18FN3O2. The van der Waals surface area contributed by atoms with Crippen LogP contribution in [0.25, 0.3) is 0 Å². The van der Waals surface area contributed by atoms with E-state index < -0.39 is 11.8 Å². The first-order chi connectivity index (χ1) is 9.13. The highest BCUT2D eigenvalue weighted by atomic mass is 19.1. The van der Waals surface area contributed by atoms with E-state index in [1.165, 1.54) is 12.3 Å². The highest BCUT2D eigenvalue weighted by molar-refractivity contribution is 5.88. The second-order valence-corrected chi connectivity index (χ2v) is 4.81. The summed E-state index contributed by atoms with van der Waals surface area (Å²) in [6.07, 6.45) is 3.41. The molecular weight excluding hydrogens is 249 g/mol. The molecule has 5 nitrogen and oxygen atoms in total. The Hall–Kier alpha value is -1.69. The van der Waals surface area contributed by atoms with Gasteiger partial charge in [0.1, 0.15) is 5.56 Å². The van der Waals surface area contributed by atoms with E-state index >= 15 is 0 Å². The van der Waals surface area contributed by atoms with E-state index in [0.717, 1.165) is 19.4 Å². The predicted molar refractivity (Wildman–Crippen MR) is 70.0 cm³/mol. The predicted octanol–water partition coefficient (Wildman–Crippen LogP) is 1.35. The van der Waals surface area contributed by atoms with Gasteiger partial charge in [-0.15, -0.1) is 0 Å². The molecule has 2 N–H and O–H groups in total. The highest BCUT2D eigenvalue weighted by Crippen LogP contribution is 2.25. The number of halogens is 1. The summed E-state index contributed by atoms with van der Waals surface area (Å²) in [5.74, 6) is -1.40. The minimum Gasteiger partial charge on any atom is -0.478 e. The fourth-order valence-electron chi connectivity index (χ4n) is 2.53. The zero-order valence-corrected chi connectivity index (χ0v) is 10.9. The first kappa shape index (κ1) is 13.7. The third kappa shape index (κ3) is 3.01. The summed E-state index contributed by atoms with van der Waals surface area (Å²) in [6.45, 7) is 2.29. The number of pyridine rings is 1. The van der Waals surface area contributed by atoms with E-state index in [-0.39, 0.29) is 11.4 Å². The lowest BCUT2D eigenvalue weighted by molar-refractivity contribution is 0.0691. The maximum Gasteiger partial charge on any atom is 0.338 e. The largest absolute Gasteiger partial charge is 0.478 e. The maximum absolute atomic E-state index is 14.1. The Morgan fingerprint density at radius 1 is 1.68 bits per heavy atom. The van der Waals surface area contributed by atoms with Crippen molar-refractivity contribution in [3.05, 3.63) is 23.6 Å². The van der Waals surface area contributed by atoms with Crippen molar-refractivity contribution in [2.24, 2.45) is 5.92 Å². The van der Waals surface area contributed by atoms with Gasteiger partial charge in [0.05, 0.1) is 0 Å². The summed E-state index contributed by atoms with van der Waals surface area (Å²) in [5.41, 5.74) is -0.319. The number of aromatic carboxylic acids is 1. The molecule has 2 heterocycles. The number of aromatic nitrogens is 1. The van der Waals surface area contributed by atoms with Gasteiger partial charge in [-0.05, 0) is 38.4 Å². The highest BCUT2D eigenvalue weighted by Gasteiger charge is 2.25. The average Bonchev–Trinajstić information content (AvgIpc) is 2.39. The van der Waals surface area contributed by atoms with Crippen LogP contribution in [0, 0.1) is 11.7 Å². The Bertz CT molecular complexity index is 465. The Kier molecular flexibility index (Phi) is 4.31. The van der Waals surface area contributed by atoms with Crippen LogP contribution in [0.5, 0.6) is 0 Å². The monoisotopic (exact) mass is 267 g/mol. The van der Waals surface area contributed by atoms with Gasteiger partial charge in [-0.3, -0.25) is 0 Å². The lowest BCUT2D eigenvalue weighted by Crippen LogP contribution is -2.40. The third-order valence-corrected chi connectivity index (χ3v) is 3.41. The lowest BCUT2D eigenvalue weighted by Gasteiger charge is -2.33. The van der Waals surface area contributed by atoms with Gasteiger partial charge >= 0.3 is 5.97 Å². The average molecular weight is 267 g/mol. The molecule has 0 bridgehead atoms. The van der Waals surface area contributed by atoms with Crippen LogP contribution < -0.4 is 10.2 Å². The standard InChI is InChI=1S/C13H18FN3O2/c1-15-7-9-3-2-6-17(8-9)12-11(14)10(13(18)19)4-5-16-12/h4-5,9,15H,2-3,6-8H2,1H3,(H,18,19). The van der Waals surface area contributed by atoms with E-state index in [1.54, 1.807) is 0 Å². The van der Waals surface area contributed by atoms with Crippen molar-refractivity contribution in [3.8, 4) is 0 Å². The van der Waals surface area contributed by atoms with Crippen molar-refractivity contribution < 1.29 is 14.3 Å². The van der Waals surface area contributed by atoms with E-state index in [1.807, 2.05) is 11.9 Å². The van der Waals surface area contributed by atoms with Crippen molar-refractivity contribution in [2.45, 2.75) is 12.8 Å². The Morgan fingerprint density at radius 2 is 2.47 bits per heavy atom. The minimum absolute atomic E-state index is 0.153. The van der Waals surface area contributed by atoms with Crippen LogP contribution in [0.2, 0.25) is 0 Å². The van der Waals surface area contributed by atoms with Gasteiger partial charge in [-0.1, -0.05) is 0 Å². The molecule has 19 heavy (non-hydrogen) atoms. The molecule has 1 aromatic rings. The van der Waals surface area contributed by atoms with Crippen LogP contribution in [0.3, 0.4) is 0 Å². The van der Waals surface area contributed by atoms with Gasteiger partial charge < -0.3 is 15.3 Å². The van der Waals surface area contributed by atoms with Crippen LogP contribution >= 0.6 is 0 Å². The SMILES string of the molecule is CNCC1CCCN(c2nccc(C(=O)O)c2F)C1. The summed E-state index contributed by atoms with van der Waals surface area (Å²) in [6, 6.07) is 1.19. The van der Waals surface area contributed by atoms with Crippen LogP contribution in [0.1, 0.15) is 23.2 Å². The number of nitrogens with zero attached hydrogens (tertiary/aromatic N) is 2. The van der Waals surface area contributed by atoms with Crippen molar-refractivity contribution in [1.29, 1.82) is 0 Å².